The van der Waals surface area contributed by atoms with Crippen LogP contribution in [0.25, 0.3) is 0 Å². The van der Waals surface area contributed by atoms with Crippen molar-refractivity contribution < 1.29 is 9.18 Å². The maximum atomic E-state index is 12.8. The van der Waals surface area contributed by atoms with Gasteiger partial charge in [-0.25, -0.2) is 4.39 Å². The highest BCUT2D eigenvalue weighted by Gasteiger charge is 2.20. The molecular formula is C11H11FN4OS. The molecule has 0 atom stereocenters. The molecule has 0 unspecified atom stereocenters. The summed E-state index contributed by atoms with van der Waals surface area (Å²) in [5, 5.41) is 7.77. The van der Waals surface area contributed by atoms with Crippen LogP contribution in [0.2, 0.25) is 0 Å². The summed E-state index contributed by atoms with van der Waals surface area (Å²) in [6.45, 7) is 2.27. The van der Waals surface area contributed by atoms with Crippen LogP contribution in [0.4, 0.5) is 15.2 Å². The molecule has 1 aromatic heterocycles. The Labute approximate surface area is 107 Å². The number of halogens is 1. The normalized spacial score (nSPS) is 10.3. The number of nitrogens with two attached hydrogens (primary N) is 1. The van der Waals surface area contributed by atoms with E-state index < -0.39 is 0 Å². The highest BCUT2D eigenvalue weighted by molar-refractivity contribution is 7.17. The van der Waals surface area contributed by atoms with Gasteiger partial charge in [0.25, 0.3) is 5.91 Å². The van der Waals surface area contributed by atoms with Crippen molar-refractivity contribution >= 4 is 28.1 Å². The second-order valence-corrected chi connectivity index (χ2v) is 4.48. The fourth-order valence-electron chi connectivity index (χ4n) is 1.50. The molecule has 0 aliphatic carbocycles. The molecule has 0 radical (unpaired) electrons. The molecule has 1 amide bonds. The van der Waals surface area contributed by atoms with Gasteiger partial charge in [0.15, 0.2) is 0 Å². The Hall–Kier alpha value is -2.02. The molecule has 7 heteroatoms. The number of benzene rings is 1. The Morgan fingerprint density at radius 1 is 1.39 bits per heavy atom. The number of amides is 1. The zero-order valence-corrected chi connectivity index (χ0v) is 10.4. The SMILES string of the molecule is CCN(C(=O)c1nnc(N)s1)c1ccc(F)cc1. The predicted molar refractivity (Wildman–Crippen MR) is 68.1 cm³/mol. The fraction of sp³-hybridized carbons (Fsp3) is 0.182. The number of carbonyl (C=O) groups is 1. The van der Waals surface area contributed by atoms with Gasteiger partial charge in [-0.1, -0.05) is 11.3 Å². The van der Waals surface area contributed by atoms with Crippen molar-refractivity contribution in [3.63, 3.8) is 0 Å². The maximum Gasteiger partial charge on any atom is 0.289 e. The Bertz CT molecular complexity index is 554. The summed E-state index contributed by atoms with van der Waals surface area (Å²) in [4.78, 5) is 13.6. The minimum atomic E-state index is -0.345. The van der Waals surface area contributed by atoms with E-state index in [1.807, 2.05) is 6.92 Å². The lowest BCUT2D eigenvalue weighted by Gasteiger charge is -2.19. The molecule has 18 heavy (non-hydrogen) atoms. The van der Waals surface area contributed by atoms with Crippen molar-refractivity contribution in [2.45, 2.75) is 6.92 Å². The van der Waals surface area contributed by atoms with Crippen LogP contribution in [0.1, 0.15) is 16.7 Å². The third-order valence-corrected chi connectivity index (χ3v) is 3.06. The fourth-order valence-corrected chi connectivity index (χ4v) is 2.06. The number of nitrogens with zero attached hydrogens (tertiary/aromatic N) is 3. The number of hydrogen-bond donors (Lipinski definition) is 1. The molecule has 0 saturated heterocycles. The maximum absolute atomic E-state index is 12.8. The molecule has 0 fully saturated rings. The van der Waals surface area contributed by atoms with E-state index in [9.17, 15) is 9.18 Å². The van der Waals surface area contributed by atoms with Crippen molar-refractivity contribution in [3.05, 3.63) is 35.1 Å². The van der Waals surface area contributed by atoms with Crippen LogP contribution in [0.15, 0.2) is 24.3 Å². The Morgan fingerprint density at radius 3 is 2.56 bits per heavy atom. The lowest BCUT2D eigenvalue weighted by molar-refractivity contribution is 0.0987. The molecule has 1 heterocycles. The van der Waals surface area contributed by atoms with E-state index in [4.69, 9.17) is 5.73 Å². The smallest absolute Gasteiger partial charge is 0.289 e. The van der Waals surface area contributed by atoms with Gasteiger partial charge in [0.05, 0.1) is 0 Å². The molecule has 5 nitrogen and oxygen atoms in total. The number of aromatic nitrogens is 2. The van der Waals surface area contributed by atoms with Gasteiger partial charge in [0.1, 0.15) is 5.82 Å². The molecule has 0 spiro atoms. The van der Waals surface area contributed by atoms with Crippen LogP contribution in [0, 0.1) is 5.82 Å². The molecule has 94 valence electrons. The molecule has 2 N–H and O–H groups in total. The second kappa shape index (κ2) is 5.09. The Morgan fingerprint density at radius 2 is 2.06 bits per heavy atom. The summed E-state index contributed by atoms with van der Waals surface area (Å²) in [6, 6.07) is 5.70. The van der Waals surface area contributed by atoms with Crippen LogP contribution < -0.4 is 10.6 Å². The summed E-state index contributed by atoms with van der Waals surface area (Å²) in [6.07, 6.45) is 0. The Balaban J connectivity index is 2.28. The van der Waals surface area contributed by atoms with Crippen molar-refractivity contribution in [2.24, 2.45) is 0 Å². The summed E-state index contributed by atoms with van der Waals surface area (Å²) in [5.74, 6) is -0.638. The van der Waals surface area contributed by atoms with E-state index in [1.165, 1.54) is 17.0 Å². The van der Waals surface area contributed by atoms with Gasteiger partial charge in [0.2, 0.25) is 10.1 Å². The molecule has 0 aliphatic heterocycles. The second-order valence-electron chi connectivity index (χ2n) is 3.47. The third kappa shape index (κ3) is 2.45. The van der Waals surface area contributed by atoms with E-state index in [1.54, 1.807) is 12.1 Å². The first kappa shape index (κ1) is 12.4. The van der Waals surface area contributed by atoms with E-state index in [0.29, 0.717) is 12.2 Å². The molecule has 0 saturated carbocycles. The van der Waals surface area contributed by atoms with Gasteiger partial charge in [-0.05, 0) is 31.2 Å². The summed E-state index contributed by atoms with van der Waals surface area (Å²) < 4.78 is 12.8. The first-order chi connectivity index (χ1) is 8.61. The molecular weight excluding hydrogens is 255 g/mol. The first-order valence-corrected chi connectivity index (χ1v) is 6.10. The topological polar surface area (TPSA) is 72.1 Å². The zero-order chi connectivity index (χ0) is 13.1. The van der Waals surface area contributed by atoms with Crippen molar-refractivity contribution in [1.29, 1.82) is 0 Å². The highest BCUT2D eigenvalue weighted by atomic mass is 32.1. The summed E-state index contributed by atoms with van der Waals surface area (Å²) in [7, 11) is 0. The average Bonchev–Trinajstić information content (AvgIpc) is 2.79. The molecule has 2 aromatic rings. The average molecular weight is 266 g/mol. The van der Waals surface area contributed by atoms with E-state index in [2.05, 4.69) is 10.2 Å². The van der Waals surface area contributed by atoms with E-state index in [-0.39, 0.29) is 21.9 Å². The van der Waals surface area contributed by atoms with Crippen LogP contribution in [-0.2, 0) is 0 Å². The van der Waals surface area contributed by atoms with Gasteiger partial charge in [0, 0.05) is 12.2 Å². The standard InChI is InChI=1S/C11H11FN4OS/c1-2-16(8-5-3-7(12)4-6-8)10(17)9-14-15-11(13)18-9/h3-6H,2H2,1H3,(H2,13,15). The first-order valence-electron chi connectivity index (χ1n) is 5.28. The number of carbonyl (C=O) groups excluding carboxylic acids is 1. The summed E-state index contributed by atoms with van der Waals surface area (Å²) in [5.41, 5.74) is 6.05. The molecule has 0 aliphatic rings. The van der Waals surface area contributed by atoms with Crippen LogP contribution in [-0.4, -0.2) is 22.6 Å². The summed E-state index contributed by atoms with van der Waals surface area (Å²) >= 11 is 1.03. The van der Waals surface area contributed by atoms with Crippen LogP contribution >= 0.6 is 11.3 Å². The monoisotopic (exact) mass is 266 g/mol. The van der Waals surface area contributed by atoms with Crippen molar-refractivity contribution in [1.82, 2.24) is 10.2 Å². The minimum Gasteiger partial charge on any atom is -0.374 e. The lowest BCUT2D eigenvalue weighted by atomic mass is 10.2. The van der Waals surface area contributed by atoms with Crippen molar-refractivity contribution in [3.8, 4) is 0 Å². The van der Waals surface area contributed by atoms with Gasteiger partial charge >= 0.3 is 0 Å². The van der Waals surface area contributed by atoms with Crippen LogP contribution in [0.3, 0.4) is 0 Å². The zero-order valence-electron chi connectivity index (χ0n) is 9.63. The number of hydrogen-bond acceptors (Lipinski definition) is 5. The van der Waals surface area contributed by atoms with Crippen LogP contribution in [0.5, 0.6) is 0 Å². The number of nitrogen functional groups attached to an aromatic ring is 1. The molecule has 1 aromatic carbocycles. The highest BCUT2D eigenvalue weighted by Crippen LogP contribution is 2.20. The van der Waals surface area contributed by atoms with E-state index in [0.717, 1.165) is 11.3 Å². The third-order valence-electron chi connectivity index (χ3n) is 2.32. The van der Waals surface area contributed by atoms with Gasteiger partial charge < -0.3 is 10.6 Å². The van der Waals surface area contributed by atoms with Crippen molar-refractivity contribution in [2.75, 3.05) is 17.2 Å². The van der Waals surface area contributed by atoms with Gasteiger partial charge in [-0.15, -0.1) is 10.2 Å². The predicted octanol–water partition coefficient (Wildman–Crippen LogP) is 1.93. The Kier molecular flexibility index (Phi) is 3.52. The quantitative estimate of drug-likeness (QED) is 0.921. The minimum absolute atomic E-state index is 0.221. The lowest BCUT2D eigenvalue weighted by Crippen LogP contribution is -2.30. The van der Waals surface area contributed by atoms with E-state index >= 15 is 0 Å². The van der Waals surface area contributed by atoms with Gasteiger partial charge in [-0.3, -0.25) is 4.79 Å². The van der Waals surface area contributed by atoms with Gasteiger partial charge in [-0.2, -0.15) is 0 Å². The number of rotatable bonds is 3. The molecule has 0 bridgehead atoms. The number of anilines is 2. The molecule has 2 rings (SSSR count). The largest absolute Gasteiger partial charge is 0.374 e.